The third-order valence-electron chi connectivity index (χ3n) is 5.34. The van der Waals surface area contributed by atoms with Gasteiger partial charge in [-0.15, -0.1) is 5.10 Å². The zero-order valence-corrected chi connectivity index (χ0v) is 18.8. The lowest BCUT2D eigenvalue weighted by Crippen LogP contribution is -2.53. The Balaban J connectivity index is 1.72. The molecule has 1 aromatic heterocycles. The summed E-state index contributed by atoms with van der Waals surface area (Å²) in [6.07, 6.45) is 0.259. The SMILES string of the molecule is Cc1cc(-c2ncn(/C=C\C(=O)CN3CC(C)(C)CC(C)(C)C3=O)n2)cc(C(F)(F)F)c1. The molecular formula is C23H27F3N4O2. The largest absolute Gasteiger partial charge is 0.416 e. The second-order valence-corrected chi connectivity index (χ2v) is 9.80. The third-order valence-corrected chi connectivity index (χ3v) is 5.34. The summed E-state index contributed by atoms with van der Waals surface area (Å²) in [5.41, 5.74) is -0.722. The minimum atomic E-state index is -4.47. The molecule has 1 amide bonds. The van der Waals surface area contributed by atoms with E-state index in [-0.39, 0.29) is 35.0 Å². The number of carbonyl (C=O) groups excluding carboxylic acids is 2. The summed E-state index contributed by atoms with van der Waals surface area (Å²) in [5.74, 6) is -0.216. The molecule has 0 N–H and O–H groups in total. The van der Waals surface area contributed by atoms with E-state index < -0.39 is 17.2 Å². The molecular weight excluding hydrogens is 421 g/mol. The first-order valence-corrected chi connectivity index (χ1v) is 10.3. The van der Waals surface area contributed by atoms with Gasteiger partial charge in [0.15, 0.2) is 11.6 Å². The monoisotopic (exact) mass is 448 g/mol. The molecule has 0 spiro atoms. The van der Waals surface area contributed by atoms with Crippen molar-refractivity contribution in [2.24, 2.45) is 10.8 Å². The maximum absolute atomic E-state index is 13.1. The normalized spacial score (nSPS) is 18.4. The Kier molecular flexibility index (Phi) is 6.06. The van der Waals surface area contributed by atoms with Gasteiger partial charge in [-0.25, -0.2) is 9.67 Å². The molecule has 2 heterocycles. The highest BCUT2D eigenvalue weighted by Crippen LogP contribution is 2.40. The lowest BCUT2D eigenvalue weighted by Gasteiger charge is -2.45. The molecule has 0 radical (unpaired) electrons. The number of aromatic nitrogens is 3. The number of ketones is 1. The molecule has 0 unspecified atom stereocenters. The highest BCUT2D eigenvalue weighted by molar-refractivity contribution is 5.96. The van der Waals surface area contributed by atoms with Crippen molar-refractivity contribution >= 4 is 17.9 Å². The van der Waals surface area contributed by atoms with Gasteiger partial charge in [-0.1, -0.05) is 27.7 Å². The molecule has 2 aromatic rings. The first-order valence-electron chi connectivity index (χ1n) is 10.3. The summed E-state index contributed by atoms with van der Waals surface area (Å²) in [6, 6.07) is 3.62. The lowest BCUT2D eigenvalue weighted by molar-refractivity contribution is -0.151. The Morgan fingerprint density at radius 1 is 1.19 bits per heavy atom. The second-order valence-electron chi connectivity index (χ2n) is 9.80. The molecule has 0 aliphatic carbocycles. The summed E-state index contributed by atoms with van der Waals surface area (Å²) < 4.78 is 40.5. The van der Waals surface area contributed by atoms with Gasteiger partial charge < -0.3 is 4.90 Å². The molecule has 1 saturated heterocycles. The average Bonchev–Trinajstić information content (AvgIpc) is 3.11. The standard InChI is InChI=1S/C23H27F3N4O2/c1-15-8-16(10-17(9-15)23(24,25)26)19-27-14-30(28-19)7-6-18(31)11-29-13-21(2,3)12-22(4,5)20(29)32/h6-10,14H,11-13H2,1-5H3/b7-6-. The Morgan fingerprint density at radius 2 is 1.88 bits per heavy atom. The Morgan fingerprint density at radius 3 is 2.53 bits per heavy atom. The van der Waals surface area contributed by atoms with Crippen molar-refractivity contribution in [2.75, 3.05) is 13.1 Å². The molecule has 1 aliphatic heterocycles. The van der Waals surface area contributed by atoms with Crippen LogP contribution in [0.3, 0.4) is 0 Å². The van der Waals surface area contributed by atoms with Gasteiger partial charge in [0.25, 0.3) is 0 Å². The van der Waals surface area contributed by atoms with Crippen molar-refractivity contribution in [3.8, 4) is 11.4 Å². The molecule has 9 heteroatoms. The molecule has 1 aromatic carbocycles. The van der Waals surface area contributed by atoms with Gasteiger partial charge >= 0.3 is 6.18 Å². The van der Waals surface area contributed by atoms with E-state index in [1.54, 1.807) is 17.9 Å². The number of halogens is 3. The molecule has 0 atom stereocenters. The van der Waals surface area contributed by atoms with Crippen LogP contribution in [-0.4, -0.2) is 44.4 Å². The van der Waals surface area contributed by atoms with Crippen LogP contribution in [0.15, 0.2) is 30.6 Å². The van der Waals surface area contributed by atoms with Crippen LogP contribution >= 0.6 is 0 Å². The van der Waals surface area contributed by atoms with Gasteiger partial charge in [-0.05, 0) is 42.5 Å². The van der Waals surface area contributed by atoms with Crippen LogP contribution in [0, 0.1) is 17.8 Å². The lowest BCUT2D eigenvalue weighted by atomic mass is 9.70. The maximum Gasteiger partial charge on any atom is 0.416 e. The number of hydrogen-bond donors (Lipinski definition) is 0. The number of rotatable bonds is 5. The van der Waals surface area contributed by atoms with Crippen LogP contribution < -0.4 is 0 Å². The predicted octanol–water partition coefficient (Wildman–Crippen LogP) is 4.60. The third kappa shape index (κ3) is 5.44. The number of piperidine rings is 1. The number of hydrogen-bond acceptors (Lipinski definition) is 4. The number of carbonyl (C=O) groups is 2. The quantitative estimate of drug-likeness (QED) is 0.627. The molecule has 1 fully saturated rings. The Bertz CT molecular complexity index is 1070. The minimum Gasteiger partial charge on any atom is -0.334 e. The molecule has 0 saturated carbocycles. The van der Waals surface area contributed by atoms with Gasteiger partial charge in [0.1, 0.15) is 6.33 Å². The van der Waals surface area contributed by atoms with Crippen LogP contribution in [0.4, 0.5) is 13.2 Å². The summed E-state index contributed by atoms with van der Waals surface area (Å²) in [6.45, 7) is 9.93. The first kappa shape index (κ1) is 23.7. The van der Waals surface area contributed by atoms with E-state index in [1.165, 1.54) is 23.3 Å². The van der Waals surface area contributed by atoms with E-state index in [9.17, 15) is 22.8 Å². The molecule has 1 aliphatic rings. The van der Waals surface area contributed by atoms with E-state index in [2.05, 4.69) is 23.9 Å². The van der Waals surface area contributed by atoms with Gasteiger partial charge in [0, 0.05) is 29.8 Å². The summed E-state index contributed by atoms with van der Waals surface area (Å²) in [5, 5.41) is 4.14. The summed E-state index contributed by atoms with van der Waals surface area (Å²) in [4.78, 5) is 30.8. The topological polar surface area (TPSA) is 68.1 Å². The number of benzene rings is 1. The van der Waals surface area contributed by atoms with Crippen molar-refractivity contribution in [1.82, 2.24) is 19.7 Å². The number of likely N-dealkylation sites (tertiary alicyclic amines) is 1. The molecule has 3 rings (SSSR count). The Labute approximate surface area is 185 Å². The van der Waals surface area contributed by atoms with Gasteiger partial charge in [0.05, 0.1) is 12.1 Å². The Hall–Kier alpha value is -2.97. The first-order chi connectivity index (χ1) is 14.7. The van der Waals surface area contributed by atoms with Crippen LogP contribution in [0.2, 0.25) is 0 Å². The molecule has 6 nitrogen and oxygen atoms in total. The molecule has 32 heavy (non-hydrogen) atoms. The highest BCUT2D eigenvalue weighted by atomic mass is 19.4. The summed E-state index contributed by atoms with van der Waals surface area (Å²) in [7, 11) is 0. The van der Waals surface area contributed by atoms with Crippen molar-refractivity contribution in [3.63, 3.8) is 0 Å². The van der Waals surface area contributed by atoms with Gasteiger partial charge in [-0.2, -0.15) is 13.2 Å². The fourth-order valence-electron chi connectivity index (χ4n) is 4.43. The van der Waals surface area contributed by atoms with Gasteiger partial charge in [-0.3, -0.25) is 9.59 Å². The maximum atomic E-state index is 13.1. The van der Waals surface area contributed by atoms with Crippen molar-refractivity contribution in [1.29, 1.82) is 0 Å². The number of alkyl halides is 3. The van der Waals surface area contributed by atoms with Crippen LogP contribution in [-0.2, 0) is 15.8 Å². The van der Waals surface area contributed by atoms with E-state index in [0.717, 1.165) is 18.6 Å². The van der Waals surface area contributed by atoms with E-state index in [0.29, 0.717) is 12.1 Å². The smallest absolute Gasteiger partial charge is 0.334 e. The van der Waals surface area contributed by atoms with Crippen molar-refractivity contribution < 1.29 is 22.8 Å². The van der Waals surface area contributed by atoms with E-state index >= 15 is 0 Å². The van der Waals surface area contributed by atoms with Crippen LogP contribution in [0.1, 0.15) is 45.2 Å². The van der Waals surface area contributed by atoms with E-state index in [4.69, 9.17) is 0 Å². The second kappa shape index (κ2) is 8.18. The average molecular weight is 448 g/mol. The predicted molar refractivity (Wildman–Crippen MR) is 114 cm³/mol. The van der Waals surface area contributed by atoms with Crippen molar-refractivity contribution in [3.05, 3.63) is 41.7 Å². The van der Waals surface area contributed by atoms with Crippen LogP contribution in [0.25, 0.3) is 17.6 Å². The summed E-state index contributed by atoms with van der Waals surface area (Å²) >= 11 is 0. The fraction of sp³-hybridized carbons (Fsp3) is 0.478. The van der Waals surface area contributed by atoms with Crippen molar-refractivity contribution in [2.45, 2.75) is 47.2 Å². The fourth-order valence-corrected chi connectivity index (χ4v) is 4.43. The van der Waals surface area contributed by atoms with Crippen LogP contribution in [0.5, 0.6) is 0 Å². The number of aryl methyl sites for hydroxylation is 1. The molecule has 0 bridgehead atoms. The minimum absolute atomic E-state index is 0.0451. The van der Waals surface area contributed by atoms with Gasteiger partial charge in [0.2, 0.25) is 5.91 Å². The van der Waals surface area contributed by atoms with E-state index in [1.807, 2.05) is 13.8 Å². The number of nitrogens with zero attached hydrogens (tertiary/aromatic N) is 4. The zero-order valence-electron chi connectivity index (χ0n) is 18.8. The molecule has 172 valence electrons. The zero-order chi connectivity index (χ0) is 23.9. The number of amides is 1. The highest BCUT2D eigenvalue weighted by Gasteiger charge is 2.44.